The van der Waals surface area contributed by atoms with Crippen LogP contribution in [0.15, 0.2) is 21.8 Å². The number of sulfonamides is 1. The number of anilines is 1. The molecule has 3 heterocycles. The predicted octanol–water partition coefficient (Wildman–Crippen LogP) is 0.563. The summed E-state index contributed by atoms with van der Waals surface area (Å²) >= 11 is 0. The first-order valence-corrected chi connectivity index (χ1v) is 9.20. The largest absolute Gasteiger partial charge is 0.360 e. The van der Waals surface area contributed by atoms with Gasteiger partial charge in [0.15, 0.2) is 5.76 Å². The summed E-state index contributed by atoms with van der Waals surface area (Å²) in [6.45, 7) is 4.20. The molecule has 11 heteroatoms. The first-order valence-electron chi connectivity index (χ1n) is 7.76. The van der Waals surface area contributed by atoms with Crippen LogP contribution in [0, 0.1) is 13.8 Å². The molecular formula is C14H20N6O4S. The molecule has 0 unspecified atom stereocenters. The summed E-state index contributed by atoms with van der Waals surface area (Å²) < 4.78 is 33.4. The average Bonchev–Trinajstić information content (AvgIpc) is 3.13. The van der Waals surface area contributed by atoms with Crippen LogP contribution in [-0.2, 0) is 17.1 Å². The maximum absolute atomic E-state index is 12.8. The van der Waals surface area contributed by atoms with E-state index < -0.39 is 10.0 Å². The average molecular weight is 368 g/mol. The van der Waals surface area contributed by atoms with Gasteiger partial charge in [-0.2, -0.15) is 9.40 Å². The molecule has 0 spiro atoms. The molecule has 0 bridgehead atoms. The predicted molar refractivity (Wildman–Crippen MR) is 88.5 cm³/mol. The van der Waals surface area contributed by atoms with Crippen molar-refractivity contribution in [2.75, 3.05) is 31.5 Å². The van der Waals surface area contributed by atoms with Gasteiger partial charge in [0.1, 0.15) is 10.6 Å². The standard InChI is InChI=1S/C14H20N6O4S/c1-10-13(11(2)24-17-10)25(22,23)20-6-4-19(5-7-20)14(21)16-12-8-15-18(3)9-12/h8-9H,4-7H2,1-3H3,(H,16,21). The van der Waals surface area contributed by atoms with Crippen LogP contribution in [0.3, 0.4) is 0 Å². The minimum Gasteiger partial charge on any atom is -0.360 e. The van der Waals surface area contributed by atoms with Crippen LogP contribution < -0.4 is 5.32 Å². The van der Waals surface area contributed by atoms with E-state index in [-0.39, 0.29) is 29.8 Å². The molecule has 2 aromatic heterocycles. The Bertz CT molecular complexity index is 860. The lowest BCUT2D eigenvalue weighted by atomic mass is 10.4. The molecule has 10 nitrogen and oxygen atoms in total. The number of hydrogen-bond donors (Lipinski definition) is 1. The molecule has 1 saturated heterocycles. The number of piperazine rings is 1. The van der Waals surface area contributed by atoms with Crippen molar-refractivity contribution in [2.24, 2.45) is 7.05 Å². The minimum atomic E-state index is -3.68. The number of hydrogen-bond acceptors (Lipinski definition) is 6. The highest BCUT2D eigenvalue weighted by Crippen LogP contribution is 2.24. The Kier molecular flexibility index (Phi) is 4.52. The molecule has 2 amide bonds. The van der Waals surface area contributed by atoms with E-state index in [0.717, 1.165) is 0 Å². The lowest BCUT2D eigenvalue weighted by Crippen LogP contribution is -2.51. The second-order valence-electron chi connectivity index (χ2n) is 5.88. The highest BCUT2D eigenvalue weighted by molar-refractivity contribution is 7.89. The third-order valence-electron chi connectivity index (χ3n) is 4.05. The van der Waals surface area contributed by atoms with Crippen molar-refractivity contribution in [3.05, 3.63) is 23.8 Å². The van der Waals surface area contributed by atoms with Crippen molar-refractivity contribution in [3.63, 3.8) is 0 Å². The van der Waals surface area contributed by atoms with Crippen LogP contribution >= 0.6 is 0 Å². The third kappa shape index (κ3) is 3.37. The molecule has 0 radical (unpaired) electrons. The van der Waals surface area contributed by atoms with Crippen molar-refractivity contribution >= 4 is 21.7 Å². The van der Waals surface area contributed by atoms with Gasteiger partial charge in [-0.3, -0.25) is 4.68 Å². The highest BCUT2D eigenvalue weighted by Gasteiger charge is 2.34. The number of nitrogens with zero attached hydrogens (tertiary/aromatic N) is 5. The maximum Gasteiger partial charge on any atom is 0.322 e. The van der Waals surface area contributed by atoms with E-state index in [1.807, 2.05) is 0 Å². The zero-order valence-corrected chi connectivity index (χ0v) is 15.1. The smallest absolute Gasteiger partial charge is 0.322 e. The van der Waals surface area contributed by atoms with Crippen LogP contribution in [0.1, 0.15) is 11.5 Å². The molecular weight excluding hydrogens is 348 g/mol. The van der Waals surface area contributed by atoms with E-state index >= 15 is 0 Å². The van der Waals surface area contributed by atoms with Crippen molar-refractivity contribution < 1.29 is 17.7 Å². The van der Waals surface area contributed by atoms with Crippen LogP contribution in [0.5, 0.6) is 0 Å². The highest BCUT2D eigenvalue weighted by atomic mass is 32.2. The van der Waals surface area contributed by atoms with Gasteiger partial charge in [-0.25, -0.2) is 13.2 Å². The van der Waals surface area contributed by atoms with Gasteiger partial charge in [0, 0.05) is 39.4 Å². The number of aromatic nitrogens is 3. The Balaban J connectivity index is 1.64. The molecule has 0 aliphatic carbocycles. The first-order chi connectivity index (χ1) is 11.8. The van der Waals surface area contributed by atoms with Gasteiger partial charge in [0.2, 0.25) is 10.0 Å². The van der Waals surface area contributed by atoms with Crippen LogP contribution in [0.2, 0.25) is 0 Å². The van der Waals surface area contributed by atoms with E-state index in [1.165, 1.54) is 4.31 Å². The van der Waals surface area contributed by atoms with E-state index in [2.05, 4.69) is 15.6 Å². The Morgan fingerprint density at radius 2 is 1.92 bits per heavy atom. The van der Waals surface area contributed by atoms with E-state index in [1.54, 1.807) is 42.9 Å². The quantitative estimate of drug-likeness (QED) is 0.847. The van der Waals surface area contributed by atoms with E-state index in [9.17, 15) is 13.2 Å². The molecule has 2 aromatic rings. The fourth-order valence-corrected chi connectivity index (χ4v) is 4.51. The number of carbonyl (C=O) groups is 1. The number of carbonyl (C=O) groups excluding carboxylic acids is 1. The zero-order valence-electron chi connectivity index (χ0n) is 14.3. The monoisotopic (exact) mass is 368 g/mol. The fourth-order valence-electron chi connectivity index (χ4n) is 2.79. The van der Waals surface area contributed by atoms with Gasteiger partial charge in [0.05, 0.1) is 11.9 Å². The zero-order chi connectivity index (χ0) is 18.2. The summed E-state index contributed by atoms with van der Waals surface area (Å²) in [7, 11) is -1.92. The third-order valence-corrected chi connectivity index (χ3v) is 6.19. The van der Waals surface area contributed by atoms with Gasteiger partial charge >= 0.3 is 6.03 Å². The summed E-state index contributed by atoms with van der Waals surface area (Å²) in [6.07, 6.45) is 3.24. The summed E-state index contributed by atoms with van der Waals surface area (Å²) in [5, 5.41) is 10.4. The Morgan fingerprint density at radius 3 is 2.44 bits per heavy atom. The molecule has 3 rings (SSSR count). The Hall–Kier alpha value is -2.40. The van der Waals surface area contributed by atoms with Gasteiger partial charge in [-0.1, -0.05) is 5.16 Å². The molecule has 1 fully saturated rings. The van der Waals surface area contributed by atoms with Gasteiger partial charge < -0.3 is 14.7 Å². The second kappa shape index (κ2) is 6.48. The normalized spacial score (nSPS) is 16.2. The van der Waals surface area contributed by atoms with Gasteiger partial charge in [-0.15, -0.1) is 0 Å². The number of urea groups is 1. The molecule has 1 aliphatic rings. The summed E-state index contributed by atoms with van der Waals surface area (Å²) in [5.41, 5.74) is 0.938. The molecule has 0 saturated carbocycles. The topological polar surface area (TPSA) is 114 Å². The van der Waals surface area contributed by atoms with Gasteiger partial charge in [-0.05, 0) is 13.8 Å². The van der Waals surface area contributed by atoms with Crippen molar-refractivity contribution in [3.8, 4) is 0 Å². The van der Waals surface area contributed by atoms with Crippen LogP contribution in [0.4, 0.5) is 10.5 Å². The Labute approximate surface area is 145 Å². The van der Waals surface area contributed by atoms with Gasteiger partial charge in [0.25, 0.3) is 0 Å². The summed E-state index contributed by atoms with van der Waals surface area (Å²) in [4.78, 5) is 13.9. The molecule has 136 valence electrons. The lowest BCUT2D eigenvalue weighted by molar-refractivity contribution is 0.184. The van der Waals surface area contributed by atoms with Crippen LogP contribution in [-0.4, -0.2) is 64.8 Å². The molecule has 1 aliphatic heterocycles. The van der Waals surface area contributed by atoms with Crippen LogP contribution in [0.25, 0.3) is 0 Å². The van der Waals surface area contributed by atoms with Crippen molar-refractivity contribution in [2.45, 2.75) is 18.7 Å². The fraction of sp³-hybridized carbons (Fsp3) is 0.500. The molecule has 0 aromatic carbocycles. The maximum atomic E-state index is 12.8. The molecule has 1 N–H and O–H groups in total. The van der Waals surface area contributed by atoms with E-state index in [4.69, 9.17) is 4.52 Å². The number of nitrogens with one attached hydrogen (secondary N) is 1. The molecule has 25 heavy (non-hydrogen) atoms. The number of aryl methyl sites for hydroxylation is 3. The minimum absolute atomic E-state index is 0.112. The second-order valence-corrected chi connectivity index (χ2v) is 7.75. The van der Waals surface area contributed by atoms with E-state index in [0.29, 0.717) is 24.5 Å². The summed E-state index contributed by atoms with van der Waals surface area (Å²) in [5.74, 6) is 0.272. The lowest BCUT2D eigenvalue weighted by Gasteiger charge is -2.33. The number of amides is 2. The number of rotatable bonds is 3. The first kappa shape index (κ1) is 17.4. The molecule has 0 atom stereocenters. The van der Waals surface area contributed by atoms with Crippen molar-refractivity contribution in [1.82, 2.24) is 24.1 Å². The Morgan fingerprint density at radius 1 is 1.24 bits per heavy atom. The van der Waals surface area contributed by atoms with Crippen molar-refractivity contribution in [1.29, 1.82) is 0 Å². The summed E-state index contributed by atoms with van der Waals surface area (Å²) in [6, 6.07) is -0.276. The SMILES string of the molecule is Cc1noc(C)c1S(=O)(=O)N1CCN(C(=O)Nc2cnn(C)c2)CC1.